The van der Waals surface area contributed by atoms with Crippen LogP contribution in [-0.4, -0.2) is 58.5 Å². The molecular formula is C16H26N2O3. The Labute approximate surface area is 127 Å². The number of hydrogen-bond acceptors (Lipinski definition) is 5. The van der Waals surface area contributed by atoms with E-state index in [9.17, 15) is 0 Å². The van der Waals surface area contributed by atoms with Gasteiger partial charge in [0.25, 0.3) is 0 Å². The summed E-state index contributed by atoms with van der Waals surface area (Å²) in [6.07, 6.45) is 0.141. The van der Waals surface area contributed by atoms with Crippen LogP contribution in [0.4, 0.5) is 0 Å². The molecule has 0 radical (unpaired) electrons. The maximum atomic E-state index is 5.97. The first-order valence-electron chi connectivity index (χ1n) is 7.45. The largest absolute Gasteiger partial charge is 0.493 e. The Balaban J connectivity index is 2.24. The van der Waals surface area contributed by atoms with Crippen molar-refractivity contribution in [2.75, 3.05) is 47.5 Å². The fourth-order valence-corrected chi connectivity index (χ4v) is 2.74. The van der Waals surface area contributed by atoms with Crippen molar-refractivity contribution in [3.05, 3.63) is 23.8 Å². The van der Waals surface area contributed by atoms with Crippen molar-refractivity contribution in [3.63, 3.8) is 0 Å². The molecule has 1 aliphatic heterocycles. The number of methoxy groups -OCH3 is 2. The second-order valence-electron chi connectivity index (χ2n) is 5.32. The number of hydrogen-bond donors (Lipinski definition) is 1. The summed E-state index contributed by atoms with van der Waals surface area (Å²) in [5.41, 5.74) is 1.16. The van der Waals surface area contributed by atoms with Gasteiger partial charge in [0.2, 0.25) is 0 Å². The minimum atomic E-state index is 0.141. The van der Waals surface area contributed by atoms with E-state index in [2.05, 4.69) is 30.3 Å². The lowest BCUT2D eigenvalue weighted by Gasteiger charge is -2.36. The van der Waals surface area contributed by atoms with Gasteiger partial charge in [0, 0.05) is 13.1 Å². The number of nitrogens with one attached hydrogen (secondary N) is 1. The minimum Gasteiger partial charge on any atom is -0.493 e. The van der Waals surface area contributed by atoms with Gasteiger partial charge in [-0.15, -0.1) is 0 Å². The topological polar surface area (TPSA) is 43.0 Å². The molecule has 0 bridgehead atoms. The highest BCUT2D eigenvalue weighted by molar-refractivity contribution is 5.44. The molecule has 1 heterocycles. The average molecular weight is 294 g/mol. The highest BCUT2D eigenvalue weighted by atomic mass is 16.5. The third kappa shape index (κ3) is 3.87. The number of benzene rings is 1. The molecule has 0 aromatic heterocycles. The lowest BCUT2D eigenvalue weighted by molar-refractivity contribution is -0.0390. The quantitative estimate of drug-likeness (QED) is 0.865. The molecular weight excluding hydrogens is 268 g/mol. The van der Waals surface area contributed by atoms with Gasteiger partial charge in [0.15, 0.2) is 11.5 Å². The highest BCUT2D eigenvalue weighted by Gasteiger charge is 2.28. The van der Waals surface area contributed by atoms with Crippen LogP contribution in [0.2, 0.25) is 0 Å². The van der Waals surface area contributed by atoms with Crippen LogP contribution >= 0.6 is 0 Å². The lowest BCUT2D eigenvalue weighted by atomic mass is 9.99. The molecule has 1 saturated heterocycles. The number of morpholine rings is 1. The molecule has 1 aromatic carbocycles. The van der Waals surface area contributed by atoms with Gasteiger partial charge < -0.3 is 24.4 Å². The van der Waals surface area contributed by atoms with Crippen LogP contribution in [0.25, 0.3) is 0 Å². The van der Waals surface area contributed by atoms with Gasteiger partial charge in [-0.05, 0) is 31.3 Å². The molecule has 1 fully saturated rings. The summed E-state index contributed by atoms with van der Waals surface area (Å²) in [5.74, 6) is 1.50. The zero-order valence-electron chi connectivity index (χ0n) is 13.4. The van der Waals surface area contributed by atoms with Gasteiger partial charge in [0.05, 0.1) is 33.0 Å². The Bertz CT molecular complexity index is 453. The van der Waals surface area contributed by atoms with Crippen molar-refractivity contribution >= 4 is 0 Å². The highest BCUT2D eigenvalue weighted by Crippen LogP contribution is 2.32. The first kappa shape index (κ1) is 16.1. The third-order valence-electron chi connectivity index (χ3n) is 3.86. The van der Waals surface area contributed by atoms with Gasteiger partial charge in [-0.1, -0.05) is 13.0 Å². The SMILES string of the molecule is CCNC(c1ccc(OC)c(OC)c1)C1CN(C)CCO1. The zero-order valence-corrected chi connectivity index (χ0v) is 13.4. The molecule has 0 amide bonds. The lowest BCUT2D eigenvalue weighted by Crippen LogP contribution is -2.46. The monoisotopic (exact) mass is 294 g/mol. The number of likely N-dealkylation sites (N-methyl/N-ethyl adjacent to an activating group) is 2. The van der Waals surface area contributed by atoms with Crippen LogP contribution < -0.4 is 14.8 Å². The van der Waals surface area contributed by atoms with Crippen molar-refractivity contribution in [2.45, 2.75) is 19.1 Å². The van der Waals surface area contributed by atoms with Crippen molar-refractivity contribution in [3.8, 4) is 11.5 Å². The summed E-state index contributed by atoms with van der Waals surface area (Å²) in [5, 5.41) is 3.53. The molecule has 1 aromatic rings. The summed E-state index contributed by atoms with van der Waals surface area (Å²) in [6, 6.07) is 6.21. The molecule has 1 aliphatic rings. The Kier molecular flexibility index (Phi) is 5.85. The summed E-state index contributed by atoms with van der Waals surface area (Å²) in [7, 11) is 5.44. The zero-order chi connectivity index (χ0) is 15.2. The van der Waals surface area contributed by atoms with Gasteiger partial charge in [-0.25, -0.2) is 0 Å². The molecule has 0 spiro atoms. The Hall–Kier alpha value is -1.30. The number of rotatable bonds is 6. The van der Waals surface area contributed by atoms with Crippen molar-refractivity contribution in [1.29, 1.82) is 0 Å². The van der Waals surface area contributed by atoms with E-state index < -0.39 is 0 Å². The van der Waals surface area contributed by atoms with Crippen molar-refractivity contribution < 1.29 is 14.2 Å². The standard InChI is InChI=1S/C16H26N2O3/c1-5-17-16(15-11-18(2)8-9-21-15)12-6-7-13(19-3)14(10-12)20-4/h6-7,10,15-17H,5,8-9,11H2,1-4H3. The maximum Gasteiger partial charge on any atom is 0.161 e. The van der Waals surface area contributed by atoms with E-state index in [0.29, 0.717) is 0 Å². The summed E-state index contributed by atoms with van der Waals surface area (Å²) >= 11 is 0. The van der Waals surface area contributed by atoms with E-state index in [4.69, 9.17) is 14.2 Å². The van der Waals surface area contributed by atoms with Crippen LogP contribution in [0.1, 0.15) is 18.5 Å². The van der Waals surface area contributed by atoms with E-state index in [-0.39, 0.29) is 12.1 Å². The van der Waals surface area contributed by atoms with Gasteiger partial charge >= 0.3 is 0 Å². The molecule has 5 heteroatoms. The van der Waals surface area contributed by atoms with Gasteiger partial charge in [0.1, 0.15) is 0 Å². The van der Waals surface area contributed by atoms with Crippen LogP contribution in [0.5, 0.6) is 11.5 Å². The molecule has 2 rings (SSSR count). The fourth-order valence-electron chi connectivity index (χ4n) is 2.74. The van der Waals surface area contributed by atoms with E-state index in [1.807, 2.05) is 12.1 Å². The van der Waals surface area contributed by atoms with E-state index >= 15 is 0 Å². The first-order chi connectivity index (χ1) is 10.2. The molecule has 0 saturated carbocycles. The predicted molar refractivity (Wildman–Crippen MR) is 83.2 cm³/mol. The second kappa shape index (κ2) is 7.64. The summed E-state index contributed by atoms with van der Waals surface area (Å²) in [6.45, 7) is 5.69. The van der Waals surface area contributed by atoms with E-state index in [1.165, 1.54) is 0 Å². The van der Waals surface area contributed by atoms with Crippen LogP contribution in [0, 0.1) is 0 Å². The number of nitrogens with zero attached hydrogens (tertiary/aromatic N) is 1. The molecule has 2 atom stereocenters. The van der Waals surface area contributed by atoms with Crippen molar-refractivity contribution in [1.82, 2.24) is 10.2 Å². The van der Waals surface area contributed by atoms with Crippen LogP contribution in [0.15, 0.2) is 18.2 Å². The molecule has 5 nitrogen and oxygen atoms in total. The third-order valence-corrected chi connectivity index (χ3v) is 3.86. The number of ether oxygens (including phenoxy) is 3. The summed E-state index contributed by atoms with van der Waals surface area (Å²) < 4.78 is 16.7. The molecule has 21 heavy (non-hydrogen) atoms. The van der Waals surface area contributed by atoms with E-state index in [1.54, 1.807) is 14.2 Å². The molecule has 1 N–H and O–H groups in total. The Morgan fingerprint density at radius 3 is 2.71 bits per heavy atom. The molecule has 2 unspecified atom stereocenters. The normalized spacial score (nSPS) is 21.0. The van der Waals surface area contributed by atoms with Crippen LogP contribution in [-0.2, 0) is 4.74 Å². The van der Waals surface area contributed by atoms with Crippen LogP contribution in [0.3, 0.4) is 0 Å². The average Bonchev–Trinajstić information content (AvgIpc) is 2.52. The van der Waals surface area contributed by atoms with Gasteiger partial charge in [-0.2, -0.15) is 0 Å². The Morgan fingerprint density at radius 2 is 2.10 bits per heavy atom. The Morgan fingerprint density at radius 1 is 1.33 bits per heavy atom. The van der Waals surface area contributed by atoms with E-state index in [0.717, 1.165) is 43.3 Å². The molecule has 118 valence electrons. The maximum absolute atomic E-state index is 5.97. The minimum absolute atomic E-state index is 0.141. The smallest absolute Gasteiger partial charge is 0.161 e. The summed E-state index contributed by atoms with van der Waals surface area (Å²) in [4.78, 5) is 2.30. The predicted octanol–water partition coefficient (Wildman–Crippen LogP) is 1.68. The molecule has 0 aliphatic carbocycles. The fraction of sp³-hybridized carbons (Fsp3) is 0.625. The van der Waals surface area contributed by atoms with Gasteiger partial charge in [-0.3, -0.25) is 0 Å². The first-order valence-corrected chi connectivity index (χ1v) is 7.45. The second-order valence-corrected chi connectivity index (χ2v) is 5.32. The van der Waals surface area contributed by atoms with Crippen molar-refractivity contribution in [2.24, 2.45) is 0 Å².